The summed E-state index contributed by atoms with van der Waals surface area (Å²) in [5.74, 6) is 1.57. The fourth-order valence-corrected chi connectivity index (χ4v) is 4.24. The molecule has 3 nitrogen and oxygen atoms in total. The van der Waals surface area contributed by atoms with E-state index in [9.17, 15) is 0 Å². The van der Waals surface area contributed by atoms with Crippen LogP contribution in [0, 0.1) is 0 Å². The number of hydrogen-bond acceptors (Lipinski definition) is 3. The van der Waals surface area contributed by atoms with E-state index in [2.05, 4.69) is 20.8 Å². The largest absolute Gasteiger partial charge is 0.425 e. The molecule has 0 aliphatic carbocycles. The zero-order chi connectivity index (χ0) is 14.2. The Balaban J connectivity index is 2.13. The summed E-state index contributed by atoms with van der Waals surface area (Å²) in [4.78, 5) is 0. The van der Waals surface area contributed by atoms with Crippen molar-refractivity contribution in [3.8, 4) is 11.5 Å². The Hall–Kier alpha value is -1.73. The Morgan fingerprint density at radius 3 is 1.80 bits per heavy atom. The first-order valence-electron chi connectivity index (χ1n) is 6.66. The molecule has 0 saturated carbocycles. The van der Waals surface area contributed by atoms with Gasteiger partial charge in [-0.15, -0.1) is 0 Å². The summed E-state index contributed by atoms with van der Waals surface area (Å²) in [5.41, 5.74) is 0.892. The highest BCUT2D eigenvalue weighted by Gasteiger charge is 2.45. The molecule has 0 fully saturated rings. The van der Waals surface area contributed by atoms with Crippen LogP contribution in [0.2, 0.25) is 0 Å². The molecule has 0 radical (unpaired) electrons. The van der Waals surface area contributed by atoms with Crippen molar-refractivity contribution in [2.75, 3.05) is 0 Å². The fraction of sp³-hybridized carbons (Fsp3) is 0.250. The van der Waals surface area contributed by atoms with Crippen LogP contribution in [0.25, 0.3) is 0 Å². The van der Waals surface area contributed by atoms with E-state index in [0.717, 1.165) is 17.2 Å². The summed E-state index contributed by atoms with van der Waals surface area (Å²) in [7, 11) is -2.41. The maximum atomic E-state index is 6.19. The molecule has 0 aromatic heterocycles. The number of nitrogens with zero attached hydrogens (tertiary/aromatic N) is 1. The third-order valence-electron chi connectivity index (χ3n) is 3.14. The maximum absolute atomic E-state index is 6.19. The van der Waals surface area contributed by atoms with Crippen LogP contribution in [-0.2, 0) is 0 Å². The lowest BCUT2D eigenvalue weighted by Crippen LogP contribution is -2.19. The van der Waals surface area contributed by atoms with Crippen LogP contribution in [0.15, 0.2) is 59.3 Å². The van der Waals surface area contributed by atoms with Gasteiger partial charge in [0.25, 0.3) is 0 Å². The topological polar surface area (TPSA) is 30.8 Å². The van der Waals surface area contributed by atoms with Crippen molar-refractivity contribution < 1.29 is 9.05 Å². The maximum Gasteiger partial charge on any atom is 0.325 e. The number of hydrogen-bond donors (Lipinski definition) is 0. The second-order valence-electron chi connectivity index (χ2n) is 5.76. The Labute approximate surface area is 119 Å². The first-order valence-corrected chi connectivity index (χ1v) is 8.24. The molecule has 0 amide bonds. The summed E-state index contributed by atoms with van der Waals surface area (Å²) >= 11 is 0. The predicted molar refractivity (Wildman–Crippen MR) is 82.9 cm³/mol. The van der Waals surface area contributed by atoms with Gasteiger partial charge in [-0.05, 0) is 45.0 Å². The normalized spacial score (nSPS) is 15.9. The van der Waals surface area contributed by atoms with Gasteiger partial charge in [0, 0.05) is 0 Å². The number of rotatable bonds is 1. The van der Waals surface area contributed by atoms with Crippen molar-refractivity contribution in [1.29, 1.82) is 0 Å². The summed E-state index contributed by atoms with van der Waals surface area (Å²) in [6.07, 6.45) is 0. The van der Waals surface area contributed by atoms with Crippen LogP contribution in [0.4, 0.5) is 5.69 Å². The van der Waals surface area contributed by atoms with Crippen molar-refractivity contribution >= 4 is 13.2 Å². The van der Waals surface area contributed by atoms with Crippen LogP contribution in [-0.4, -0.2) is 5.16 Å². The van der Waals surface area contributed by atoms with Crippen LogP contribution >= 0.6 is 7.51 Å². The summed E-state index contributed by atoms with van der Waals surface area (Å²) in [5, 5.41) is -0.193. The quantitative estimate of drug-likeness (QED) is 0.637. The Bertz CT molecular complexity index is 645. The van der Waals surface area contributed by atoms with E-state index in [1.54, 1.807) is 0 Å². The van der Waals surface area contributed by atoms with Gasteiger partial charge in [-0.25, -0.2) is 0 Å². The molecule has 2 aromatic carbocycles. The first-order chi connectivity index (χ1) is 9.50. The van der Waals surface area contributed by atoms with E-state index in [4.69, 9.17) is 13.8 Å². The van der Waals surface area contributed by atoms with E-state index in [0.29, 0.717) is 0 Å². The van der Waals surface area contributed by atoms with Crippen molar-refractivity contribution in [3.63, 3.8) is 0 Å². The predicted octanol–water partition coefficient (Wildman–Crippen LogP) is 5.62. The van der Waals surface area contributed by atoms with E-state index in [1.165, 1.54) is 0 Å². The first kappa shape index (κ1) is 13.3. The molecule has 0 unspecified atom stereocenters. The minimum atomic E-state index is -2.41. The molecule has 104 valence electrons. The molecular formula is C16H18NO2P. The molecule has 1 aliphatic heterocycles. The van der Waals surface area contributed by atoms with Gasteiger partial charge in [-0.1, -0.05) is 30.3 Å². The van der Waals surface area contributed by atoms with Crippen molar-refractivity contribution in [1.82, 2.24) is 0 Å². The average Bonchev–Trinajstić information content (AvgIpc) is 2.78. The number of benzene rings is 2. The minimum Gasteiger partial charge on any atom is -0.425 e. The van der Waals surface area contributed by atoms with Crippen LogP contribution < -0.4 is 9.05 Å². The highest BCUT2D eigenvalue weighted by Crippen LogP contribution is 2.68. The molecule has 0 bridgehead atoms. The molecular weight excluding hydrogens is 269 g/mol. The fourth-order valence-electron chi connectivity index (χ4n) is 2.00. The standard InChI is InChI=1S/C16H18NO2P/c1-16(2,3)20(17-13-9-5-4-6-10-13)18-14-11-7-8-12-15(14)19-20/h4-12H,1-3H3. The minimum absolute atomic E-state index is 0.193. The van der Waals surface area contributed by atoms with Crippen molar-refractivity contribution in [3.05, 3.63) is 54.6 Å². The second kappa shape index (κ2) is 4.68. The van der Waals surface area contributed by atoms with Crippen molar-refractivity contribution in [2.24, 2.45) is 4.74 Å². The smallest absolute Gasteiger partial charge is 0.325 e. The van der Waals surface area contributed by atoms with E-state index in [1.807, 2.05) is 54.6 Å². The lowest BCUT2D eigenvalue weighted by molar-refractivity contribution is 0.504. The molecule has 3 rings (SSSR count). The molecule has 4 heteroatoms. The molecule has 0 saturated heterocycles. The van der Waals surface area contributed by atoms with Gasteiger partial charge in [0.05, 0.1) is 10.8 Å². The average molecular weight is 287 g/mol. The Kier molecular flexibility index (Phi) is 3.10. The third kappa shape index (κ3) is 2.23. The van der Waals surface area contributed by atoms with Crippen molar-refractivity contribution in [2.45, 2.75) is 25.9 Å². The van der Waals surface area contributed by atoms with Gasteiger partial charge in [0.2, 0.25) is 0 Å². The lowest BCUT2D eigenvalue weighted by Gasteiger charge is -2.29. The molecule has 0 spiro atoms. The molecule has 1 aliphatic rings. The van der Waals surface area contributed by atoms with E-state index < -0.39 is 7.51 Å². The highest BCUT2D eigenvalue weighted by atomic mass is 31.2. The van der Waals surface area contributed by atoms with Gasteiger partial charge < -0.3 is 9.05 Å². The molecule has 0 atom stereocenters. The molecule has 1 heterocycles. The molecule has 2 aromatic rings. The number of fused-ring (bicyclic) bond motifs is 1. The number of para-hydroxylation sites is 2. The van der Waals surface area contributed by atoms with Gasteiger partial charge in [0.1, 0.15) is 0 Å². The third-order valence-corrected chi connectivity index (χ3v) is 6.22. The van der Waals surface area contributed by atoms with Gasteiger partial charge in [-0.2, -0.15) is 4.74 Å². The van der Waals surface area contributed by atoms with Gasteiger partial charge >= 0.3 is 7.51 Å². The summed E-state index contributed by atoms with van der Waals surface area (Å²) < 4.78 is 17.2. The lowest BCUT2D eigenvalue weighted by atomic mass is 10.3. The monoisotopic (exact) mass is 287 g/mol. The van der Waals surface area contributed by atoms with Gasteiger partial charge in [0.15, 0.2) is 11.5 Å². The zero-order valence-corrected chi connectivity index (χ0v) is 12.8. The van der Waals surface area contributed by atoms with Gasteiger partial charge in [-0.3, -0.25) is 0 Å². The zero-order valence-electron chi connectivity index (χ0n) is 11.9. The van der Waals surface area contributed by atoms with Crippen LogP contribution in [0.5, 0.6) is 11.5 Å². The second-order valence-corrected chi connectivity index (χ2v) is 8.70. The molecule has 0 N–H and O–H groups in total. The summed E-state index contributed by atoms with van der Waals surface area (Å²) in [6, 6.07) is 17.6. The molecule has 20 heavy (non-hydrogen) atoms. The van der Waals surface area contributed by atoms with E-state index in [-0.39, 0.29) is 5.16 Å². The van der Waals surface area contributed by atoms with E-state index >= 15 is 0 Å². The summed E-state index contributed by atoms with van der Waals surface area (Å²) in [6.45, 7) is 6.33. The Morgan fingerprint density at radius 2 is 1.30 bits per heavy atom. The van der Waals surface area contributed by atoms with Crippen LogP contribution in [0.1, 0.15) is 20.8 Å². The highest BCUT2D eigenvalue weighted by molar-refractivity contribution is 7.59. The Morgan fingerprint density at radius 1 is 0.800 bits per heavy atom. The SMILES string of the molecule is CC(C)(C)P1(=Nc2ccccc2)Oc2ccccc2O1. The van der Waals surface area contributed by atoms with Crippen LogP contribution in [0.3, 0.4) is 0 Å².